The lowest BCUT2D eigenvalue weighted by atomic mass is 10.1. The van der Waals surface area contributed by atoms with Crippen LogP contribution >= 0.6 is 11.6 Å². The highest BCUT2D eigenvalue weighted by molar-refractivity contribution is 7.92. The number of aromatic nitrogens is 1. The second-order valence-corrected chi connectivity index (χ2v) is 6.75. The smallest absolute Gasteiger partial charge is 0.262 e. The van der Waals surface area contributed by atoms with Gasteiger partial charge in [0.25, 0.3) is 10.0 Å². The summed E-state index contributed by atoms with van der Waals surface area (Å²) in [5.41, 5.74) is 1.49. The molecule has 2 rings (SSSR count). The van der Waals surface area contributed by atoms with Crippen LogP contribution in [0, 0.1) is 26.6 Å². The van der Waals surface area contributed by atoms with Crippen LogP contribution in [0.15, 0.2) is 29.2 Å². The van der Waals surface area contributed by atoms with E-state index in [0.717, 1.165) is 0 Å². The number of aryl methyl sites for hydroxylation is 3. The Labute approximate surface area is 128 Å². The van der Waals surface area contributed by atoms with Crippen LogP contribution in [-0.4, -0.2) is 13.4 Å². The molecule has 0 aliphatic heterocycles. The third-order valence-corrected chi connectivity index (χ3v) is 4.87. The largest absolute Gasteiger partial charge is 0.278 e. The molecule has 0 aliphatic rings. The number of pyridine rings is 1. The Morgan fingerprint density at radius 2 is 1.71 bits per heavy atom. The molecule has 112 valence electrons. The lowest BCUT2D eigenvalue weighted by Crippen LogP contribution is -2.17. The summed E-state index contributed by atoms with van der Waals surface area (Å²) in [5, 5.41) is 0.282. The molecule has 0 aliphatic carbocycles. The summed E-state index contributed by atoms with van der Waals surface area (Å²) in [6.07, 6.45) is 0. The van der Waals surface area contributed by atoms with Gasteiger partial charge in [-0.2, -0.15) is 0 Å². The fourth-order valence-electron chi connectivity index (χ4n) is 2.16. The zero-order valence-corrected chi connectivity index (χ0v) is 13.3. The van der Waals surface area contributed by atoms with Gasteiger partial charge in [-0.25, -0.2) is 17.8 Å². The highest BCUT2D eigenvalue weighted by Gasteiger charge is 2.21. The Morgan fingerprint density at radius 1 is 1.14 bits per heavy atom. The van der Waals surface area contributed by atoms with Crippen molar-refractivity contribution in [1.82, 2.24) is 4.98 Å². The van der Waals surface area contributed by atoms with Crippen LogP contribution in [0.5, 0.6) is 0 Å². The van der Waals surface area contributed by atoms with Crippen molar-refractivity contribution in [3.05, 3.63) is 52.1 Å². The normalized spacial score (nSPS) is 11.5. The van der Waals surface area contributed by atoms with E-state index in [4.69, 9.17) is 11.6 Å². The van der Waals surface area contributed by atoms with Gasteiger partial charge in [0, 0.05) is 0 Å². The fraction of sp³-hybridized carbons (Fsp3) is 0.214. The molecule has 1 heterocycles. The minimum Gasteiger partial charge on any atom is -0.278 e. The summed E-state index contributed by atoms with van der Waals surface area (Å²) in [6.45, 7) is 4.75. The molecule has 0 saturated carbocycles. The van der Waals surface area contributed by atoms with Crippen LogP contribution in [0.3, 0.4) is 0 Å². The number of halogens is 2. The molecule has 0 amide bonds. The summed E-state index contributed by atoms with van der Waals surface area (Å²) in [7, 11) is -3.83. The van der Waals surface area contributed by atoms with Gasteiger partial charge in [0.15, 0.2) is 0 Å². The Hall–Kier alpha value is -1.66. The van der Waals surface area contributed by atoms with Crippen LogP contribution in [0.25, 0.3) is 0 Å². The molecule has 4 nitrogen and oxygen atoms in total. The number of benzene rings is 1. The molecule has 1 aromatic heterocycles. The first-order valence-electron chi connectivity index (χ1n) is 6.13. The SMILES string of the molecule is Cc1cc(F)cc(C)c1S(=O)(=O)Nc1ccc(Cl)nc1C. The first-order chi connectivity index (χ1) is 9.70. The van der Waals surface area contributed by atoms with Gasteiger partial charge >= 0.3 is 0 Å². The summed E-state index contributed by atoms with van der Waals surface area (Å²) in [6, 6.07) is 5.41. The van der Waals surface area contributed by atoms with Gasteiger partial charge < -0.3 is 0 Å². The maximum atomic E-state index is 13.3. The number of sulfonamides is 1. The topological polar surface area (TPSA) is 59.1 Å². The number of hydrogen-bond donors (Lipinski definition) is 1. The summed E-state index contributed by atoms with van der Waals surface area (Å²) in [4.78, 5) is 4.06. The zero-order valence-electron chi connectivity index (χ0n) is 11.7. The second-order valence-electron chi connectivity index (χ2n) is 4.74. The number of nitrogens with zero attached hydrogens (tertiary/aromatic N) is 1. The third-order valence-electron chi connectivity index (χ3n) is 2.99. The molecule has 0 radical (unpaired) electrons. The maximum absolute atomic E-state index is 13.3. The Bertz CT molecular complexity index is 784. The van der Waals surface area contributed by atoms with E-state index in [1.54, 1.807) is 20.8 Å². The highest BCUT2D eigenvalue weighted by atomic mass is 35.5. The first-order valence-corrected chi connectivity index (χ1v) is 7.99. The molecule has 0 spiro atoms. The number of rotatable bonds is 3. The zero-order chi connectivity index (χ0) is 15.8. The van der Waals surface area contributed by atoms with E-state index < -0.39 is 15.8 Å². The van der Waals surface area contributed by atoms with E-state index in [0.29, 0.717) is 22.5 Å². The van der Waals surface area contributed by atoms with E-state index in [1.165, 1.54) is 24.3 Å². The molecular formula is C14H14ClFN2O2S. The van der Waals surface area contributed by atoms with Gasteiger partial charge in [-0.05, 0) is 56.2 Å². The molecule has 2 aromatic rings. The van der Waals surface area contributed by atoms with Gasteiger partial charge in [-0.1, -0.05) is 11.6 Å². The molecular weight excluding hydrogens is 315 g/mol. The highest BCUT2D eigenvalue weighted by Crippen LogP contribution is 2.25. The quantitative estimate of drug-likeness (QED) is 0.876. The standard InChI is InChI=1S/C14H14ClFN2O2S/c1-8-6-11(16)7-9(2)14(8)21(19,20)18-12-4-5-13(15)17-10(12)3/h4-7,18H,1-3H3. The van der Waals surface area contributed by atoms with E-state index in [2.05, 4.69) is 9.71 Å². The van der Waals surface area contributed by atoms with Crippen molar-refractivity contribution in [2.45, 2.75) is 25.7 Å². The van der Waals surface area contributed by atoms with E-state index >= 15 is 0 Å². The number of nitrogens with one attached hydrogen (secondary N) is 1. The average Bonchev–Trinajstić information content (AvgIpc) is 2.30. The molecule has 0 bridgehead atoms. The van der Waals surface area contributed by atoms with Gasteiger partial charge in [0.05, 0.1) is 16.3 Å². The van der Waals surface area contributed by atoms with Gasteiger partial charge in [-0.15, -0.1) is 0 Å². The molecule has 0 unspecified atom stereocenters. The number of hydrogen-bond acceptors (Lipinski definition) is 3. The predicted octanol–water partition coefficient (Wildman–Crippen LogP) is 3.60. The van der Waals surface area contributed by atoms with E-state index in [-0.39, 0.29) is 10.0 Å². The minimum atomic E-state index is -3.83. The molecule has 1 aromatic carbocycles. The lowest BCUT2D eigenvalue weighted by Gasteiger charge is -2.14. The summed E-state index contributed by atoms with van der Waals surface area (Å²) >= 11 is 5.74. The molecule has 7 heteroatoms. The van der Waals surface area contributed by atoms with Crippen molar-refractivity contribution in [3.8, 4) is 0 Å². The Balaban J connectivity index is 2.48. The molecule has 1 N–H and O–H groups in total. The molecule has 21 heavy (non-hydrogen) atoms. The first kappa shape index (κ1) is 15.7. The molecule has 0 fully saturated rings. The lowest BCUT2D eigenvalue weighted by molar-refractivity contribution is 0.597. The van der Waals surface area contributed by atoms with Crippen molar-refractivity contribution in [3.63, 3.8) is 0 Å². The van der Waals surface area contributed by atoms with Crippen molar-refractivity contribution in [2.75, 3.05) is 4.72 Å². The van der Waals surface area contributed by atoms with Crippen LogP contribution in [0.1, 0.15) is 16.8 Å². The Kier molecular flexibility index (Phi) is 4.20. The molecule has 0 atom stereocenters. The van der Waals surface area contributed by atoms with E-state index in [1.807, 2.05) is 0 Å². The van der Waals surface area contributed by atoms with E-state index in [9.17, 15) is 12.8 Å². The summed E-state index contributed by atoms with van der Waals surface area (Å²) in [5.74, 6) is -0.465. The fourth-order valence-corrected chi connectivity index (χ4v) is 3.92. The van der Waals surface area contributed by atoms with Gasteiger partial charge in [-0.3, -0.25) is 4.72 Å². The maximum Gasteiger partial charge on any atom is 0.262 e. The van der Waals surface area contributed by atoms with Crippen LogP contribution in [0.2, 0.25) is 5.15 Å². The van der Waals surface area contributed by atoms with Crippen molar-refractivity contribution < 1.29 is 12.8 Å². The van der Waals surface area contributed by atoms with Crippen molar-refractivity contribution >= 4 is 27.3 Å². The van der Waals surface area contributed by atoms with Crippen molar-refractivity contribution in [2.24, 2.45) is 0 Å². The predicted molar refractivity (Wildman–Crippen MR) is 80.7 cm³/mol. The Morgan fingerprint density at radius 3 is 2.24 bits per heavy atom. The molecule has 0 saturated heterocycles. The monoisotopic (exact) mass is 328 g/mol. The average molecular weight is 329 g/mol. The van der Waals surface area contributed by atoms with Crippen LogP contribution < -0.4 is 4.72 Å². The van der Waals surface area contributed by atoms with Crippen molar-refractivity contribution in [1.29, 1.82) is 0 Å². The number of anilines is 1. The summed E-state index contributed by atoms with van der Waals surface area (Å²) < 4.78 is 40.7. The van der Waals surface area contributed by atoms with Crippen LogP contribution in [-0.2, 0) is 10.0 Å². The second kappa shape index (κ2) is 5.61. The van der Waals surface area contributed by atoms with Crippen LogP contribution in [0.4, 0.5) is 10.1 Å². The van der Waals surface area contributed by atoms with Gasteiger partial charge in [0.1, 0.15) is 11.0 Å². The third kappa shape index (κ3) is 3.33. The minimum absolute atomic E-state index is 0.0678. The van der Waals surface area contributed by atoms with Gasteiger partial charge in [0.2, 0.25) is 0 Å².